The first-order valence-corrected chi connectivity index (χ1v) is 5.41. The Labute approximate surface area is 111 Å². The van der Waals surface area contributed by atoms with Crippen molar-refractivity contribution >= 4 is 5.78 Å². The molecule has 7 heteroatoms. The molecule has 1 N–H and O–H groups in total. The molecule has 0 atom stereocenters. The van der Waals surface area contributed by atoms with Gasteiger partial charge in [0.25, 0.3) is 0 Å². The molecule has 0 saturated carbocycles. The number of phenolic OH excluding ortho intramolecular Hbond substituents is 1. The second kappa shape index (κ2) is 5.20. The Kier molecular flexibility index (Phi) is 3.60. The van der Waals surface area contributed by atoms with Gasteiger partial charge in [0, 0.05) is 18.0 Å². The van der Waals surface area contributed by atoms with E-state index >= 15 is 0 Å². The minimum absolute atomic E-state index is 0.0426. The molecule has 0 bridgehead atoms. The summed E-state index contributed by atoms with van der Waals surface area (Å²) in [6.45, 7) is 0. The van der Waals surface area contributed by atoms with Crippen molar-refractivity contribution in [1.82, 2.24) is 4.98 Å². The molecule has 1 heterocycles. The topological polar surface area (TPSA) is 59.4 Å². The zero-order valence-corrected chi connectivity index (χ0v) is 9.89. The highest BCUT2D eigenvalue weighted by Crippen LogP contribution is 2.33. The summed E-state index contributed by atoms with van der Waals surface area (Å²) in [5, 5.41) is 9.63. The number of nitrogens with zero attached hydrogens (tertiary/aromatic N) is 1. The van der Waals surface area contributed by atoms with Crippen LogP contribution in [0.15, 0.2) is 42.7 Å². The molecular weight excluding hydrogens is 275 g/mol. The summed E-state index contributed by atoms with van der Waals surface area (Å²) in [5.74, 6) is -2.16. The molecule has 104 valence electrons. The van der Waals surface area contributed by atoms with E-state index in [2.05, 4.69) is 9.72 Å². The molecule has 0 aliphatic heterocycles. The number of ketones is 1. The van der Waals surface area contributed by atoms with Gasteiger partial charge in [-0.05, 0) is 24.3 Å². The minimum atomic E-state index is -4.96. The molecule has 0 fully saturated rings. The molecule has 1 aromatic carbocycles. The Morgan fingerprint density at radius 2 is 1.95 bits per heavy atom. The lowest BCUT2D eigenvalue weighted by Crippen LogP contribution is -2.19. The van der Waals surface area contributed by atoms with Crippen LogP contribution in [0.25, 0.3) is 0 Å². The zero-order valence-electron chi connectivity index (χ0n) is 9.89. The van der Waals surface area contributed by atoms with Gasteiger partial charge in [-0.15, -0.1) is 13.2 Å². The predicted octanol–water partition coefficient (Wildman–Crippen LogP) is 2.92. The fourth-order valence-corrected chi connectivity index (χ4v) is 1.60. The first kappa shape index (κ1) is 13.9. The summed E-state index contributed by atoms with van der Waals surface area (Å²) >= 11 is 0. The summed E-state index contributed by atoms with van der Waals surface area (Å²) < 4.78 is 40.6. The Morgan fingerprint density at radius 1 is 1.20 bits per heavy atom. The number of alkyl halides is 3. The molecule has 0 aliphatic carbocycles. The highest BCUT2D eigenvalue weighted by Gasteiger charge is 2.33. The molecule has 0 radical (unpaired) electrons. The smallest absolute Gasteiger partial charge is 0.507 e. The van der Waals surface area contributed by atoms with Crippen LogP contribution in [0.4, 0.5) is 13.2 Å². The third kappa shape index (κ3) is 3.05. The average Bonchev–Trinajstić information content (AvgIpc) is 2.37. The van der Waals surface area contributed by atoms with Gasteiger partial charge in [0.2, 0.25) is 5.78 Å². The van der Waals surface area contributed by atoms with Crippen molar-refractivity contribution in [3.63, 3.8) is 0 Å². The number of phenols is 1. The number of halogens is 3. The van der Waals surface area contributed by atoms with Gasteiger partial charge in [-0.25, -0.2) is 0 Å². The molecule has 4 nitrogen and oxygen atoms in total. The van der Waals surface area contributed by atoms with Gasteiger partial charge in [-0.3, -0.25) is 9.78 Å². The summed E-state index contributed by atoms with van der Waals surface area (Å²) in [6.07, 6.45) is -2.36. The monoisotopic (exact) mass is 283 g/mol. The fourth-order valence-electron chi connectivity index (χ4n) is 1.60. The van der Waals surface area contributed by atoms with Crippen LogP contribution in [0.5, 0.6) is 11.5 Å². The predicted molar refractivity (Wildman–Crippen MR) is 62.5 cm³/mol. The van der Waals surface area contributed by atoms with Gasteiger partial charge >= 0.3 is 6.36 Å². The van der Waals surface area contributed by atoms with Crippen molar-refractivity contribution in [2.75, 3.05) is 0 Å². The quantitative estimate of drug-likeness (QED) is 0.880. The molecule has 0 unspecified atom stereocenters. The van der Waals surface area contributed by atoms with Gasteiger partial charge in [0.1, 0.15) is 17.1 Å². The molecule has 0 amide bonds. The number of rotatable bonds is 3. The highest BCUT2D eigenvalue weighted by molar-refractivity contribution is 6.12. The van der Waals surface area contributed by atoms with Gasteiger partial charge in [0.05, 0.1) is 0 Å². The summed E-state index contributed by atoms with van der Waals surface area (Å²) in [4.78, 5) is 15.8. The van der Waals surface area contributed by atoms with Crippen LogP contribution < -0.4 is 4.74 Å². The van der Waals surface area contributed by atoms with Crippen molar-refractivity contribution in [2.45, 2.75) is 6.36 Å². The highest BCUT2D eigenvalue weighted by atomic mass is 19.4. The largest absolute Gasteiger partial charge is 0.573 e. The Bertz CT molecular complexity index is 627. The standard InChI is InChI=1S/C13H8F3NO3/c14-13(15,16)20-10-5-1-4-9(18)11(10)12(19)8-3-2-6-17-7-8/h1-7,18H. The maximum atomic E-state index is 12.3. The van der Waals surface area contributed by atoms with E-state index in [0.29, 0.717) is 0 Å². The summed E-state index contributed by atoms with van der Waals surface area (Å²) in [5.41, 5.74) is -0.515. The van der Waals surface area contributed by atoms with E-state index in [9.17, 15) is 23.1 Å². The molecule has 0 spiro atoms. The number of benzene rings is 1. The Morgan fingerprint density at radius 3 is 2.55 bits per heavy atom. The van der Waals surface area contributed by atoms with E-state index in [4.69, 9.17) is 0 Å². The fraction of sp³-hybridized carbons (Fsp3) is 0.0769. The van der Waals surface area contributed by atoms with Crippen LogP contribution in [0.3, 0.4) is 0 Å². The number of aromatic nitrogens is 1. The number of aromatic hydroxyl groups is 1. The van der Waals surface area contributed by atoms with E-state index in [1.807, 2.05) is 0 Å². The van der Waals surface area contributed by atoms with Gasteiger partial charge in [-0.1, -0.05) is 6.07 Å². The second-order valence-corrected chi connectivity index (χ2v) is 3.77. The Balaban J connectivity index is 2.48. The third-order valence-corrected chi connectivity index (χ3v) is 2.38. The molecule has 20 heavy (non-hydrogen) atoms. The lowest BCUT2D eigenvalue weighted by molar-refractivity contribution is -0.274. The number of hydrogen-bond acceptors (Lipinski definition) is 4. The van der Waals surface area contributed by atoms with E-state index in [1.165, 1.54) is 24.5 Å². The van der Waals surface area contributed by atoms with Crippen LogP contribution in [0.2, 0.25) is 0 Å². The normalized spacial score (nSPS) is 11.2. The van der Waals surface area contributed by atoms with Crippen molar-refractivity contribution in [1.29, 1.82) is 0 Å². The zero-order chi connectivity index (χ0) is 14.8. The van der Waals surface area contributed by atoms with E-state index in [-0.39, 0.29) is 5.56 Å². The van der Waals surface area contributed by atoms with Crippen LogP contribution >= 0.6 is 0 Å². The number of pyridine rings is 1. The maximum Gasteiger partial charge on any atom is 0.573 e. The molecule has 2 rings (SSSR count). The molecular formula is C13H8F3NO3. The van der Waals surface area contributed by atoms with Crippen LogP contribution in [0, 0.1) is 0 Å². The molecule has 2 aromatic rings. The van der Waals surface area contributed by atoms with Crippen molar-refractivity contribution in [2.24, 2.45) is 0 Å². The first-order valence-electron chi connectivity index (χ1n) is 5.41. The molecule has 0 aliphatic rings. The van der Waals surface area contributed by atoms with Crippen LogP contribution in [-0.2, 0) is 0 Å². The van der Waals surface area contributed by atoms with Crippen LogP contribution in [0.1, 0.15) is 15.9 Å². The van der Waals surface area contributed by atoms with E-state index in [0.717, 1.165) is 18.2 Å². The van der Waals surface area contributed by atoms with E-state index in [1.54, 1.807) is 0 Å². The SMILES string of the molecule is O=C(c1cccnc1)c1c(O)cccc1OC(F)(F)F. The average molecular weight is 283 g/mol. The van der Waals surface area contributed by atoms with Crippen molar-refractivity contribution in [3.05, 3.63) is 53.9 Å². The lowest BCUT2D eigenvalue weighted by Gasteiger charge is -2.13. The summed E-state index contributed by atoms with van der Waals surface area (Å²) in [6, 6.07) is 6.04. The molecule has 0 saturated heterocycles. The lowest BCUT2D eigenvalue weighted by atomic mass is 10.0. The van der Waals surface area contributed by atoms with Gasteiger partial charge in [0.15, 0.2) is 0 Å². The number of hydrogen-bond donors (Lipinski definition) is 1. The van der Waals surface area contributed by atoms with Crippen molar-refractivity contribution < 1.29 is 27.8 Å². The van der Waals surface area contributed by atoms with Crippen LogP contribution in [-0.4, -0.2) is 22.2 Å². The molecule has 1 aromatic heterocycles. The first-order chi connectivity index (χ1) is 9.38. The summed E-state index contributed by atoms with van der Waals surface area (Å²) in [7, 11) is 0. The Hall–Kier alpha value is -2.57. The number of carbonyl (C=O) groups is 1. The van der Waals surface area contributed by atoms with Gasteiger partial charge in [-0.2, -0.15) is 0 Å². The second-order valence-electron chi connectivity index (χ2n) is 3.77. The van der Waals surface area contributed by atoms with Gasteiger partial charge < -0.3 is 9.84 Å². The van der Waals surface area contributed by atoms with E-state index < -0.39 is 29.2 Å². The third-order valence-electron chi connectivity index (χ3n) is 2.38. The van der Waals surface area contributed by atoms with Crippen molar-refractivity contribution in [3.8, 4) is 11.5 Å². The number of carbonyl (C=O) groups excluding carboxylic acids is 1. The minimum Gasteiger partial charge on any atom is -0.507 e. The maximum absolute atomic E-state index is 12.3. The number of ether oxygens (including phenoxy) is 1.